The Kier molecular flexibility index (Phi) is 22.8. The van der Waals surface area contributed by atoms with Crippen LogP contribution in [0.15, 0.2) is 21.2 Å². The summed E-state index contributed by atoms with van der Waals surface area (Å²) >= 11 is 0. The molecule has 0 aromatic rings. The standard InChI is InChI=1S/C20H40N2O4P4S2/c1-17(21(13-25)7-11-29-15-27-3)19(5-9-23)31-32-20(6-10-24)18(2)22(14-26)8-12-30-16-28-4/h13-14,23-24,27-30H,5-12,15-16H2,1-4H3. The van der Waals surface area contributed by atoms with Crippen LogP contribution in [0.25, 0.3) is 0 Å². The van der Waals surface area contributed by atoms with Gasteiger partial charge in [0, 0.05) is 60.3 Å². The number of nitrogens with zero attached hydrogens (tertiary/aromatic N) is 2. The molecule has 186 valence electrons. The monoisotopic (exact) mass is 560 g/mol. The highest BCUT2D eigenvalue weighted by atomic mass is 33.1. The number of carbonyl (C=O) groups is 2. The van der Waals surface area contributed by atoms with Gasteiger partial charge in [0.2, 0.25) is 12.8 Å². The van der Waals surface area contributed by atoms with Crippen molar-refractivity contribution in [3.63, 3.8) is 0 Å². The Bertz CT molecular complexity index is 548. The van der Waals surface area contributed by atoms with Gasteiger partial charge < -0.3 is 20.0 Å². The normalized spacial score (nSPS) is 14.3. The lowest BCUT2D eigenvalue weighted by molar-refractivity contribution is -0.117. The van der Waals surface area contributed by atoms with Gasteiger partial charge in [-0.2, -0.15) is 0 Å². The molecule has 0 spiro atoms. The highest BCUT2D eigenvalue weighted by molar-refractivity contribution is 8.79. The van der Waals surface area contributed by atoms with Gasteiger partial charge in [-0.15, -0.1) is 34.3 Å². The van der Waals surface area contributed by atoms with Crippen molar-refractivity contribution in [3.05, 3.63) is 21.2 Å². The SMILES string of the molecule is CPCPCCN(C=O)C(C)=C(CCO)SSC(CCO)=C(C)N(C=O)CCPCPC. The summed E-state index contributed by atoms with van der Waals surface area (Å²) < 4.78 is 0. The lowest BCUT2D eigenvalue weighted by Crippen LogP contribution is -2.24. The van der Waals surface area contributed by atoms with Gasteiger partial charge in [-0.25, -0.2) is 0 Å². The zero-order valence-corrected chi connectivity index (χ0v) is 25.3. The van der Waals surface area contributed by atoms with E-state index in [0.29, 0.717) is 25.9 Å². The maximum Gasteiger partial charge on any atom is 0.213 e. The lowest BCUT2D eigenvalue weighted by atomic mass is 10.3. The largest absolute Gasteiger partial charge is 0.396 e. The van der Waals surface area contributed by atoms with Crippen LogP contribution in [0.2, 0.25) is 0 Å². The van der Waals surface area contributed by atoms with E-state index in [1.165, 1.54) is 33.4 Å². The first-order valence-electron chi connectivity index (χ1n) is 10.6. The third-order valence-electron chi connectivity index (χ3n) is 4.51. The van der Waals surface area contributed by atoms with Crippen molar-refractivity contribution >= 4 is 68.7 Å². The molecule has 0 aromatic heterocycles. The highest BCUT2D eigenvalue weighted by Crippen LogP contribution is 2.42. The molecule has 4 unspecified atom stereocenters. The predicted octanol–water partition coefficient (Wildman–Crippen LogP) is 4.40. The molecule has 0 bridgehead atoms. The Morgan fingerprint density at radius 2 is 1.16 bits per heavy atom. The summed E-state index contributed by atoms with van der Waals surface area (Å²) in [5.74, 6) is 2.43. The topological polar surface area (TPSA) is 81.1 Å². The number of aliphatic hydroxyl groups is 2. The van der Waals surface area contributed by atoms with Crippen molar-refractivity contribution in [2.24, 2.45) is 0 Å². The van der Waals surface area contributed by atoms with Gasteiger partial charge >= 0.3 is 0 Å². The Balaban J connectivity index is 5.39. The Morgan fingerprint density at radius 3 is 1.44 bits per heavy atom. The number of allylic oxidation sites excluding steroid dienone is 2. The molecule has 0 aliphatic rings. The van der Waals surface area contributed by atoms with Crippen LogP contribution in [0.5, 0.6) is 0 Å². The minimum atomic E-state index is 0.00312. The van der Waals surface area contributed by atoms with Crippen molar-refractivity contribution in [3.8, 4) is 0 Å². The molecule has 0 fully saturated rings. The summed E-state index contributed by atoms with van der Waals surface area (Å²) in [7, 11) is 6.62. The van der Waals surface area contributed by atoms with Gasteiger partial charge in [-0.1, -0.05) is 21.6 Å². The second-order valence-electron chi connectivity index (χ2n) is 6.79. The molecule has 0 saturated carbocycles. The van der Waals surface area contributed by atoms with E-state index in [1.54, 1.807) is 9.80 Å². The molecule has 12 heteroatoms. The summed E-state index contributed by atoms with van der Waals surface area (Å²) in [6, 6.07) is 0. The number of amides is 2. The number of aliphatic hydroxyl groups excluding tert-OH is 2. The summed E-state index contributed by atoms with van der Waals surface area (Å²) in [5.41, 5.74) is 1.73. The Hall–Kier alpha value is 0.760. The van der Waals surface area contributed by atoms with E-state index in [2.05, 4.69) is 13.3 Å². The van der Waals surface area contributed by atoms with Crippen LogP contribution in [0.3, 0.4) is 0 Å². The molecular formula is C20H40N2O4P4S2. The third-order valence-corrected chi connectivity index (χ3v) is 13.4. The van der Waals surface area contributed by atoms with Crippen molar-refractivity contribution in [2.45, 2.75) is 26.7 Å². The van der Waals surface area contributed by atoms with E-state index in [-0.39, 0.29) is 13.2 Å². The van der Waals surface area contributed by atoms with Crippen molar-refractivity contribution in [1.82, 2.24) is 9.80 Å². The van der Waals surface area contributed by atoms with Gasteiger partial charge in [0.15, 0.2) is 0 Å². The zero-order valence-electron chi connectivity index (χ0n) is 19.6. The first kappa shape index (κ1) is 32.8. The van der Waals surface area contributed by atoms with Crippen LogP contribution in [0.1, 0.15) is 26.7 Å². The highest BCUT2D eigenvalue weighted by Gasteiger charge is 2.15. The summed E-state index contributed by atoms with van der Waals surface area (Å²) in [6.07, 6.45) is 4.66. The van der Waals surface area contributed by atoms with E-state index in [1.807, 2.05) is 13.8 Å². The lowest BCUT2D eigenvalue weighted by Gasteiger charge is -2.23. The van der Waals surface area contributed by atoms with E-state index in [9.17, 15) is 19.8 Å². The summed E-state index contributed by atoms with van der Waals surface area (Å²) in [4.78, 5) is 28.7. The fourth-order valence-electron chi connectivity index (χ4n) is 2.61. The van der Waals surface area contributed by atoms with E-state index in [0.717, 1.165) is 80.7 Å². The van der Waals surface area contributed by atoms with Crippen molar-refractivity contribution in [1.29, 1.82) is 0 Å². The Labute approximate surface area is 209 Å². The molecule has 4 atom stereocenters. The molecule has 0 radical (unpaired) electrons. The maximum atomic E-state index is 11.7. The molecule has 6 nitrogen and oxygen atoms in total. The van der Waals surface area contributed by atoms with E-state index in [4.69, 9.17) is 0 Å². The van der Waals surface area contributed by atoms with Crippen LogP contribution < -0.4 is 0 Å². The average molecular weight is 561 g/mol. The van der Waals surface area contributed by atoms with Gasteiger partial charge in [0.25, 0.3) is 0 Å². The first-order chi connectivity index (χ1) is 15.5. The molecule has 0 heterocycles. The van der Waals surface area contributed by atoms with Crippen molar-refractivity contribution in [2.75, 3.05) is 63.8 Å². The minimum Gasteiger partial charge on any atom is -0.396 e. The molecule has 2 N–H and O–H groups in total. The first-order valence-corrected chi connectivity index (χ1v) is 19.0. The molecule has 0 rings (SSSR count). The third kappa shape index (κ3) is 14.2. The smallest absolute Gasteiger partial charge is 0.213 e. The van der Waals surface area contributed by atoms with Crippen LogP contribution in [0.4, 0.5) is 0 Å². The van der Waals surface area contributed by atoms with Crippen LogP contribution in [-0.4, -0.2) is 96.6 Å². The molecule has 0 aliphatic heterocycles. The van der Waals surface area contributed by atoms with E-state index < -0.39 is 0 Å². The fourth-order valence-corrected chi connectivity index (χ4v) is 9.68. The molecule has 0 aliphatic carbocycles. The second kappa shape index (κ2) is 22.2. The fraction of sp³-hybridized carbons (Fsp3) is 0.700. The van der Waals surface area contributed by atoms with Gasteiger partial charge in [0.05, 0.1) is 0 Å². The van der Waals surface area contributed by atoms with Gasteiger partial charge in [0.1, 0.15) is 0 Å². The molecule has 2 amide bonds. The minimum absolute atomic E-state index is 0.00312. The van der Waals surface area contributed by atoms with Crippen LogP contribution in [0, 0.1) is 0 Å². The van der Waals surface area contributed by atoms with Gasteiger partial charge in [-0.3, -0.25) is 9.59 Å². The van der Waals surface area contributed by atoms with Crippen LogP contribution in [-0.2, 0) is 9.59 Å². The number of rotatable bonds is 21. The molecule has 0 aromatic carbocycles. The Morgan fingerprint density at radius 1 is 0.781 bits per heavy atom. The number of hydrogen-bond donors (Lipinski definition) is 2. The second-order valence-corrected chi connectivity index (χ2v) is 15.4. The summed E-state index contributed by atoms with van der Waals surface area (Å²) in [5, 5.41) is 19.1. The maximum absolute atomic E-state index is 11.7. The molecule has 32 heavy (non-hydrogen) atoms. The molecular weight excluding hydrogens is 520 g/mol. The predicted molar refractivity (Wildman–Crippen MR) is 154 cm³/mol. The van der Waals surface area contributed by atoms with E-state index >= 15 is 0 Å². The van der Waals surface area contributed by atoms with Gasteiger partial charge in [-0.05, 0) is 51.3 Å². The van der Waals surface area contributed by atoms with Crippen LogP contribution >= 0.6 is 55.9 Å². The van der Waals surface area contributed by atoms with Crippen molar-refractivity contribution < 1.29 is 19.8 Å². The number of hydrogen-bond acceptors (Lipinski definition) is 6. The average Bonchev–Trinajstić information content (AvgIpc) is 2.80. The summed E-state index contributed by atoms with van der Waals surface area (Å²) in [6.45, 7) is 9.62. The number of carbonyl (C=O) groups excluding carboxylic acids is 2. The quantitative estimate of drug-likeness (QED) is 0.0938. The molecule has 0 saturated heterocycles. The zero-order chi connectivity index (χ0) is 24.2.